The Morgan fingerprint density at radius 1 is 1.06 bits per heavy atom. The van der Waals surface area contributed by atoms with Gasteiger partial charge in [-0.1, -0.05) is 38.3 Å². The first-order valence-corrected chi connectivity index (χ1v) is 11.6. The van der Waals surface area contributed by atoms with Crippen LogP contribution in [-0.2, 0) is 0 Å². The van der Waals surface area contributed by atoms with Crippen LogP contribution in [0.1, 0.15) is 55.3 Å². The van der Waals surface area contributed by atoms with E-state index in [0.717, 1.165) is 56.1 Å². The molecule has 0 bridgehead atoms. The van der Waals surface area contributed by atoms with Gasteiger partial charge in [0.2, 0.25) is 0 Å². The highest BCUT2D eigenvalue weighted by Crippen LogP contribution is 2.29. The average Bonchev–Trinajstić information content (AvgIpc) is 2.79. The number of hydrogen-bond acceptors (Lipinski definition) is 4. The molecular weight excluding hydrogens is 387 g/mol. The lowest BCUT2D eigenvalue weighted by molar-refractivity contribution is 0.0929. The van der Waals surface area contributed by atoms with Gasteiger partial charge in [-0.25, -0.2) is 4.39 Å². The third-order valence-electron chi connectivity index (χ3n) is 6.29. The Labute approximate surface area is 186 Å². The number of nitrogens with zero attached hydrogens (tertiary/aromatic N) is 3. The SMILES string of the molecule is CCCCCC(c1ccc(C#N)c(C)c1)N1CCN(CCNc2ccc(F)cc2)CC1. The predicted molar refractivity (Wildman–Crippen MR) is 126 cm³/mol. The zero-order valence-electron chi connectivity index (χ0n) is 18.9. The molecule has 0 radical (unpaired) electrons. The molecule has 1 atom stereocenters. The number of benzene rings is 2. The van der Waals surface area contributed by atoms with Crippen LogP contribution in [0, 0.1) is 24.1 Å². The van der Waals surface area contributed by atoms with E-state index in [1.54, 1.807) is 12.1 Å². The Hall–Kier alpha value is -2.42. The zero-order valence-corrected chi connectivity index (χ0v) is 18.9. The first kappa shape index (κ1) is 23.2. The molecule has 1 fully saturated rings. The number of halogens is 1. The Morgan fingerprint density at radius 2 is 1.81 bits per heavy atom. The van der Waals surface area contributed by atoms with Gasteiger partial charge in [-0.2, -0.15) is 5.26 Å². The van der Waals surface area contributed by atoms with Crippen molar-refractivity contribution in [2.75, 3.05) is 44.6 Å². The number of piperazine rings is 1. The standard InChI is InChI=1S/C26H35FN4/c1-3-4-5-6-26(22-7-8-23(20-28)21(2)19-22)31-17-15-30(16-18-31)14-13-29-25-11-9-24(27)10-12-25/h7-12,19,26,29H,3-6,13-18H2,1-2H3. The van der Waals surface area contributed by atoms with E-state index in [1.807, 2.05) is 13.0 Å². The molecule has 1 unspecified atom stereocenters. The van der Waals surface area contributed by atoms with Gasteiger partial charge < -0.3 is 5.32 Å². The molecule has 4 nitrogen and oxygen atoms in total. The van der Waals surface area contributed by atoms with E-state index in [9.17, 15) is 9.65 Å². The van der Waals surface area contributed by atoms with Gasteiger partial charge >= 0.3 is 0 Å². The van der Waals surface area contributed by atoms with Crippen LogP contribution in [0.25, 0.3) is 0 Å². The first-order valence-electron chi connectivity index (χ1n) is 11.6. The van der Waals surface area contributed by atoms with Crippen molar-refractivity contribution >= 4 is 5.69 Å². The van der Waals surface area contributed by atoms with Crippen molar-refractivity contribution in [3.8, 4) is 6.07 Å². The second-order valence-corrected chi connectivity index (χ2v) is 8.51. The summed E-state index contributed by atoms with van der Waals surface area (Å²) in [5.41, 5.74) is 4.16. The molecule has 2 aromatic carbocycles. The van der Waals surface area contributed by atoms with Gasteiger partial charge in [-0.3, -0.25) is 9.80 Å². The lowest BCUT2D eigenvalue weighted by atomic mass is 9.95. The second-order valence-electron chi connectivity index (χ2n) is 8.51. The van der Waals surface area contributed by atoms with Crippen molar-refractivity contribution in [1.29, 1.82) is 5.26 Å². The van der Waals surface area contributed by atoms with E-state index in [4.69, 9.17) is 0 Å². The highest BCUT2D eigenvalue weighted by Gasteiger charge is 2.25. The monoisotopic (exact) mass is 422 g/mol. The van der Waals surface area contributed by atoms with Crippen LogP contribution in [0.15, 0.2) is 42.5 Å². The summed E-state index contributed by atoms with van der Waals surface area (Å²) in [5.74, 6) is -0.201. The molecular formula is C26H35FN4. The third-order valence-corrected chi connectivity index (χ3v) is 6.29. The van der Waals surface area contributed by atoms with Crippen molar-refractivity contribution in [2.45, 2.75) is 45.6 Å². The normalized spacial score (nSPS) is 16.1. The van der Waals surface area contributed by atoms with E-state index < -0.39 is 0 Å². The fourth-order valence-corrected chi connectivity index (χ4v) is 4.39. The maximum absolute atomic E-state index is 13.0. The van der Waals surface area contributed by atoms with Gasteiger partial charge in [0, 0.05) is 51.0 Å². The Bertz CT molecular complexity index is 851. The Balaban J connectivity index is 1.54. The number of anilines is 1. The second kappa shape index (κ2) is 11.8. The highest BCUT2D eigenvalue weighted by molar-refractivity contribution is 5.42. The quantitative estimate of drug-likeness (QED) is 0.524. The number of nitriles is 1. The van der Waals surface area contributed by atoms with Crippen LogP contribution in [-0.4, -0.2) is 49.1 Å². The molecule has 1 saturated heterocycles. The van der Waals surface area contributed by atoms with Gasteiger partial charge in [0.1, 0.15) is 5.82 Å². The van der Waals surface area contributed by atoms with Crippen molar-refractivity contribution < 1.29 is 4.39 Å². The number of unbranched alkanes of at least 4 members (excludes halogenated alkanes) is 2. The van der Waals surface area contributed by atoms with Crippen molar-refractivity contribution in [1.82, 2.24) is 9.80 Å². The summed E-state index contributed by atoms with van der Waals surface area (Å²) in [5, 5.41) is 12.6. The minimum atomic E-state index is -0.201. The molecule has 0 spiro atoms. The minimum Gasteiger partial charge on any atom is -0.384 e. The van der Waals surface area contributed by atoms with Crippen molar-refractivity contribution in [2.24, 2.45) is 0 Å². The fourth-order valence-electron chi connectivity index (χ4n) is 4.39. The molecule has 5 heteroatoms. The molecule has 1 aliphatic rings. The number of rotatable bonds is 10. The van der Waals surface area contributed by atoms with E-state index >= 15 is 0 Å². The van der Waals surface area contributed by atoms with Crippen LogP contribution in [0.2, 0.25) is 0 Å². The van der Waals surface area contributed by atoms with Gasteiger partial charge in [0.05, 0.1) is 11.6 Å². The van der Waals surface area contributed by atoms with E-state index in [2.05, 4.69) is 40.2 Å². The van der Waals surface area contributed by atoms with Crippen molar-refractivity contribution in [3.63, 3.8) is 0 Å². The summed E-state index contributed by atoms with van der Waals surface area (Å²) < 4.78 is 13.0. The van der Waals surface area contributed by atoms with Gasteiger partial charge in [-0.05, 0) is 54.8 Å². The minimum absolute atomic E-state index is 0.201. The molecule has 0 amide bonds. The summed E-state index contributed by atoms with van der Waals surface area (Å²) in [6, 6.07) is 15.6. The summed E-state index contributed by atoms with van der Waals surface area (Å²) in [6.45, 7) is 10.4. The summed E-state index contributed by atoms with van der Waals surface area (Å²) in [6.07, 6.45) is 4.90. The van der Waals surface area contributed by atoms with Crippen LogP contribution in [0.4, 0.5) is 10.1 Å². The third kappa shape index (κ3) is 6.78. The van der Waals surface area contributed by atoms with E-state index in [1.165, 1.54) is 43.4 Å². The largest absolute Gasteiger partial charge is 0.384 e. The first-order chi connectivity index (χ1) is 15.1. The summed E-state index contributed by atoms with van der Waals surface area (Å²) in [4.78, 5) is 5.13. The summed E-state index contributed by atoms with van der Waals surface area (Å²) >= 11 is 0. The average molecular weight is 423 g/mol. The van der Waals surface area contributed by atoms with Gasteiger partial charge in [0.15, 0.2) is 0 Å². The van der Waals surface area contributed by atoms with Gasteiger partial charge in [0.25, 0.3) is 0 Å². The van der Waals surface area contributed by atoms with E-state index in [-0.39, 0.29) is 5.82 Å². The molecule has 3 rings (SSSR count). The highest BCUT2D eigenvalue weighted by atomic mass is 19.1. The molecule has 1 heterocycles. The molecule has 0 saturated carbocycles. The Kier molecular flexibility index (Phi) is 8.87. The number of nitrogens with one attached hydrogen (secondary N) is 1. The molecule has 0 aliphatic carbocycles. The lowest BCUT2D eigenvalue weighted by Gasteiger charge is -2.40. The fraction of sp³-hybridized carbons (Fsp3) is 0.500. The molecule has 1 N–H and O–H groups in total. The predicted octanol–water partition coefficient (Wildman–Crippen LogP) is 5.36. The lowest BCUT2D eigenvalue weighted by Crippen LogP contribution is -2.48. The molecule has 1 aliphatic heterocycles. The van der Waals surface area contributed by atoms with Crippen LogP contribution >= 0.6 is 0 Å². The zero-order chi connectivity index (χ0) is 22.1. The van der Waals surface area contributed by atoms with Crippen molar-refractivity contribution in [3.05, 3.63) is 65.0 Å². The molecule has 166 valence electrons. The maximum Gasteiger partial charge on any atom is 0.123 e. The van der Waals surface area contributed by atoms with Gasteiger partial charge in [-0.15, -0.1) is 0 Å². The number of hydrogen-bond donors (Lipinski definition) is 1. The smallest absolute Gasteiger partial charge is 0.123 e. The molecule has 2 aromatic rings. The summed E-state index contributed by atoms with van der Waals surface area (Å²) in [7, 11) is 0. The topological polar surface area (TPSA) is 42.3 Å². The van der Waals surface area contributed by atoms with Crippen LogP contribution < -0.4 is 5.32 Å². The van der Waals surface area contributed by atoms with E-state index in [0.29, 0.717) is 6.04 Å². The number of aryl methyl sites for hydroxylation is 1. The Morgan fingerprint density at radius 3 is 2.45 bits per heavy atom. The molecule has 0 aromatic heterocycles. The van der Waals surface area contributed by atoms with Crippen LogP contribution in [0.3, 0.4) is 0 Å². The molecule has 31 heavy (non-hydrogen) atoms. The maximum atomic E-state index is 13.0. The van der Waals surface area contributed by atoms with Crippen LogP contribution in [0.5, 0.6) is 0 Å².